The number of pyridine rings is 1. The summed E-state index contributed by atoms with van der Waals surface area (Å²) in [6.45, 7) is 2.48. The Bertz CT molecular complexity index is 682. The molecule has 3 fully saturated rings. The van der Waals surface area contributed by atoms with Gasteiger partial charge in [0.15, 0.2) is 6.10 Å². The SMILES string of the molecule is CNCC1CCN(C(=O)[C@H]2OCC(=O)N(C3CC3)[C@@H]2c2cccnc2)CC1.Cl.Cl. The van der Waals surface area contributed by atoms with Crippen LogP contribution in [0.2, 0.25) is 0 Å². The number of hydrogen-bond acceptors (Lipinski definition) is 5. The second kappa shape index (κ2) is 10.6. The Morgan fingerprint density at radius 1 is 1.24 bits per heavy atom. The van der Waals surface area contributed by atoms with Crippen LogP contribution in [0.4, 0.5) is 0 Å². The molecule has 2 saturated heterocycles. The highest BCUT2D eigenvalue weighted by Crippen LogP contribution is 2.40. The van der Waals surface area contributed by atoms with Gasteiger partial charge in [0.25, 0.3) is 5.91 Å². The highest BCUT2D eigenvalue weighted by molar-refractivity contribution is 5.87. The summed E-state index contributed by atoms with van der Waals surface area (Å²) in [5, 5.41) is 3.22. The molecule has 0 spiro atoms. The van der Waals surface area contributed by atoms with Crippen LogP contribution in [-0.4, -0.2) is 72.0 Å². The van der Waals surface area contributed by atoms with Crippen LogP contribution < -0.4 is 5.32 Å². The van der Waals surface area contributed by atoms with E-state index in [9.17, 15) is 9.59 Å². The number of rotatable bonds is 5. The first-order valence-electron chi connectivity index (χ1n) is 9.95. The number of nitrogens with zero attached hydrogens (tertiary/aromatic N) is 3. The minimum absolute atomic E-state index is 0. The minimum atomic E-state index is -0.645. The summed E-state index contributed by atoms with van der Waals surface area (Å²) in [6.07, 6.45) is 6.82. The fraction of sp³-hybridized carbons (Fsp3) is 0.650. The molecule has 1 N–H and O–H groups in total. The number of hydrogen-bond donors (Lipinski definition) is 1. The van der Waals surface area contributed by atoms with Crippen molar-refractivity contribution in [3.8, 4) is 0 Å². The molecule has 0 unspecified atom stereocenters. The molecular formula is C20H30Cl2N4O3. The van der Waals surface area contributed by atoms with Crippen molar-refractivity contribution in [3.05, 3.63) is 30.1 Å². The van der Waals surface area contributed by atoms with Crippen LogP contribution in [-0.2, 0) is 14.3 Å². The van der Waals surface area contributed by atoms with Gasteiger partial charge in [-0.05, 0) is 56.8 Å². The van der Waals surface area contributed by atoms with E-state index in [1.807, 2.05) is 29.0 Å². The number of carbonyl (C=O) groups excluding carboxylic acids is 2. The van der Waals surface area contributed by atoms with Crippen LogP contribution in [0.15, 0.2) is 24.5 Å². The van der Waals surface area contributed by atoms with Crippen LogP contribution in [0.3, 0.4) is 0 Å². The molecule has 3 aliphatic rings. The fourth-order valence-electron chi connectivity index (χ4n) is 4.33. The van der Waals surface area contributed by atoms with Gasteiger partial charge in [-0.3, -0.25) is 14.6 Å². The zero-order valence-corrected chi connectivity index (χ0v) is 18.3. The van der Waals surface area contributed by atoms with E-state index in [0.29, 0.717) is 5.92 Å². The van der Waals surface area contributed by atoms with Crippen molar-refractivity contribution in [3.63, 3.8) is 0 Å². The van der Waals surface area contributed by atoms with Gasteiger partial charge in [-0.25, -0.2) is 0 Å². The lowest BCUT2D eigenvalue weighted by Crippen LogP contribution is -2.56. The van der Waals surface area contributed by atoms with Crippen molar-refractivity contribution in [2.45, 2.75) is 43.9 Å². The first kappa shape index (κ1) is 23.9. The maximum atomic E-state index is 13.3. The van der Waals surface area contributed by atoms with Gasteiger partial charge in [0.1, 0.15) is 6.61 Å². The summed E-state index contributed by atoms with van der Waals surface area (Å²) >= 11 is 0. The van der Waals surface area contributed by atoms with E-state index in [2.05, 4.69) is 10.3 Å². The summed E-state index contributed by atoms with van der Waals surface area (Å²) in [5.41, 5.74) is 0.876. The standard InChI is InChI=1S/C20H28N4O3.2ClH/c1-21-11-14-6-9-23(10-7-14)20(26)19-18(15-3-2-8-22-12-15)24(16-4-5-16)17(25)13-27-19;;/h2-3,8,12,14,16,18-19,21H,4-7,9-11,13H2,1H3;2*1H/t18-,19+;;/m1../s1. The molecule has 9 heteroatoms. The Labute approximate surface area is 184 Å². The molecule has 29 heavy (non-hydrogen) atoms. The van der Waals surface area contributed by atoms with Crippen molar-refractivity contribution in [2.24, 2.45) is 5.92 Å². The first-order valence-corrected chi connectivity index (χ1v) is 9.95. The van der Waals surface area contributed by atoms with Crippen molar-refractivity contribution < 1.29 is 14.3 Å². The summed E-state index contributed by atoms with van der Waals surface area (Å²) < 4.78 is 5.83. The predicted octanol–water partition coefficient (Wildman–Crippen LogP) is 1.81. The van der Waals surface area contributed by atoms with Gasteiger partial charge in [0.05, 0.1) is 6.04 Å². The third-order valence-electron chi connectivity index (χ3n) is 5.89. The van der Waals surface area contributed by atoms with E-state index in [-0.39, 0.29) is 55.3 Å². The molecule has 1 aromatic rings. The Balaban J connectivity index is 0.00000150. The molecular weight excluding hydrogens is 415 g/mol. The predicted molar refractivity (Wildman–Crippen MR) is 114 cm³/mol. The largest absolute Gasteiger partial charge is 0.356 e. The maximum absolute atomic E-state index is 13.3. The molecule has 2 atom stereocenters. The van der Waals surface area contributed by atoms with Crippen molar-refractivity contribution in [1.82, 2.24) is 20.1 Å². The van der Waals surface area contributed by atoms with E-state index in [1.165, 1.54) is 0 Å². The quantitative estimate of drug-likeness (QED) is 0.749. The summed E-state index contributed by atoms with van der Waals surface area (Å²) in [6, 6.07) is 3.64. The second-order valence-corrected chi connectivity index (χ2v) is 7.82. The molecule has 0 aromatic carbocycles. The number of nitrogens with one attached hydrogen (secondary N) is 1. The number of morpholine rings is 1. The summed E-state index contributed by atoms with van der Waals surface area (Å²) in [7, 11) is 1.97. The Hall–Kier alpha value is -1.41. The van der Waals surface area contributed by atoms with Gasteiger partial charge in [-0.15, -0.1) is 24.8 Å². The van der Waals surface area contributed by atoms with Crippen LogP contribution in [0, 0.1) is 5.92 Å². The second-order valence-electron chi connectivity index (χ2n) is 7.82. The number of likely N-dealkylation sites (tertiary alicyclic amines) is 1. The number of piperidine rings is 1. The number of ether oxygens (including phenoxy) is 1. The molecule has 1 aliphatic carbocycles. The van der Waals surface area contributed by atoms with Crippen LogP contribution in [0.25, 0.3) is 0 Å². The van der Waals surface area contributed by atoms with Gasteiger partial charge in [-0.1, -0.05) is 6.07 Å². The van der Waals surface area contributed by atoms with E-state index in [4.69, 9.17) is 4.74 Å². The van der Waals surface area contributed by atoms with E-state index < -0.39 is 6.10 Å². The van der Waals surface area contributed by atoms with Gasteiger partial charge < -0.3 is 19.9 Å². The average molecular weight is 445 g/mol. The highest BCUT2D eigenvalue weighted by Gasteiger charge is 2.48. The van der Waals surface area contributed by atoms with E-state index in [0.717, 1.165) is 50.9 Å². The molecule has 1 saturated carbocycles. The normalized spacial score (nSPS) is 25.2. The van der Waals surface area contributed by atoms with Crippen molar-refractivity contribution >= 4 is 36.6 Å². The Kier molecular flexibility index (Phi) is 8.70. The number of amides is 2. The molecule has 0 radical (unpaired) electrons. The van der Waals surface area contributed by atoms with Gasteiger partial charge in [-0.2, -0.15) is 0 Å². The third-order valence-corrected chi connectivity index (χ3v) is 5.89. The smallest absolute Gasteiger partial charge is 0.254 e. The van der Waals surface area contributed by atoms with E-state index in [1.54, 1.807) is 12.4 Å². The zero-order valence-electron chi connectivity index (χ0n) is 16.7. The van der Waals surface area contributed by atoms with Crippen molar-refractivity contribution in [2.75, 3.05) is 33.3 Å². The molecule has 2 amide bonds. The molecule has 2 aliphatic heterocycles. The average Bonchev–Trinajstić information content (AvgIpc) is 3.54. The molecule has 4 rings (SSSR count). The van der Waals surface area contributed by atoms with Gasteiger partial charge in [0, 0.05) is 31.5 Å². The summed E-state index contributed by atoms with van der Waals surface area (Å²) in [5.74, 6) is 0.595. The van der Waals surface area contributed by atoms with Gasteiger partial charge >= 0.3 is 0 Å². The van der Waals surface area contributed by atoms with Crippen molar-refractivity contribution in [1.29, 1.82) is 0 Å². The zero-order chi connectivity index (χ0) is 18.8. The lowest BCUT2D eigenvalue weighted by atomic mass is 9.94. The Morgan fingerprint density at radius 2 is 1.97 bits per heavy atom. The van der Waals surface area contributed by atoms with E-state index >= 15 is 0 Å². The lowest BCUT2D eigenvalue weighted by molar-refractivity contribution is -0.171. The monoisotopic (exact) mass is 444 g/mol. The third kappa shape index (κ3) is 5.20. The fourth-order valence-corrected chi connectivity index (χ4v) is 4.33. The maximum Gasteiger partial charge on any atom is 0.254 e. The van der Waals surface area contributed by atoms with Crippen LogP contribution in [0.5, 0.6) is 0 Å². The van der Waals surface area contributed by atoms with Crippen LogP contribution in [0.1, 0.15) is 37.3 Å². The minimum Gasteiger partial charge on any atom is -0.356 e. The highest BCUT2D eigenvalue weighted by atomic mass is 35.5. The number of aromatic nitrogens is 1. The molecule has 7 nitrogen and oxygen atoms in total. The molecule has 0 bridgehead atoms. The number of halogens is 2. The van der Waals surface area contributed by atoms with Gasteiger partial charge in [0.2, 0.25) is 5.91 Å². The molecule has 162 valence electrons. The Morgan fingerprint density at radius 3 is 2.55 bits per heavy atom. The van der Waals surface area contributed by atoms with Crippen LogP contribution >= 0.6 is 24.8 Å². The summed E-state index contributed by atoms with van der Waals surface area (Å²) in [4.78, 5) is 33.9. The molecule has 3 heterocycles. The lowest BCUT2D eigenvalue weighted by Gasteiger charge is -2.43. The topological polar surface area (TPSA) is 74.8 Å². The molecule has 1 aromatic heterocycles. The first-order chi connectivity index (χ1) is 13.2. The number of carbonyl (C=O) groups is 2.